The second-order valence-electron chi connectivity index (χ2n) is 3.94. The summed E-state index contributed by atoms with van der Waals surface area (Å²) in [6.45, 7) is 6.43. The highest BCUT2D eigenvalue weighted by Crippen LogP contribution is 2.20. The van der Waals surface area contributed by atoms with Crippen LogP contribution in [-0.4, -0.2) is 35.1 Å². The molecule has 1 heterocycles. The van der Waals surface area contributed by atoms with Gasteiger partial charge in [0.15, 0.2) is 0 Å². The van der Waals surface area contributed by atoms with Crippen molar-refractivity contribution >= 4 is 5.91 Å². The van der Waals surface area contributed by atoms with Crippen molar-refractivity contribution in [2.24, 2.45) is 5.92 Å². The fraction of sp³-hybridized carbons (Fsp3) is 0.727. The van der Waals surface area contributed by atoms with Crippen LogP contribution < -0.4 is 0 Å². The smallest absolute Gasteiger partial charge is 0.226 e. The molecule has 14 heavy (non-hydrogen) atoms. The molecule has 0 spiro atoms. The zero-order chi connectivity index (χ0) is 10.6. The molecule has 0 aromatic rings. The molecule has 0 unspecified atom stereocenters. The molecule has 1 N–H and O–H groups in total. The van der Waals surface area contributed by atoms with Crippen LogP contribution in [0.5, 0.6) is 0 Å². The van der Waals surface area contributed by atoms with Crippen molar-refractivity contribution in [2.45, 2.75) is 32.2 Å². The Morgan fingerprint density at radius 2 is 2.50 bits per heavy atom. The first-order valence-corrected chi connectivity index (χ1v) is 5.23. The summed E-state index contributed by atoms with van der Waals surface area (Å²) in [7, 11) is 0. The molecule has 3 heteroatoms. The third-order valence-electron chi connectivity index (χ3n) is 2.81. The van der Waals surface area contributed by atoms with Crippen LogP contribution in [0.2, 0.25) is 0 Å². The van der Waals surface area contributed by atoms with Crippen molar-refractivity contribution in [1.29, 1.82) is 0 Å². The van der Waals surface area contributed by atoms with Crippen LogP contribution in [0.4, 0.5) is 0 Å². The minimum Gasteiger partial charge on any atom is -0.394 e. The van der Waals surface area contributed by atoms with Gasteiger partial charge in [0.1, 0.15) is 0 Å². The predicted octanol–water partition coefficient (Wildman–Crippen LogP) is 1.18. The molecule has 80 valence electrons. The first kappa shape index (κ1) is 11.2. The number of aliphatic hydroxyl groups excluding tert-OH is 1. The first-order valence-electron chi connectivity index (χ1n) is 5.23. The minimum atomic E-state index is -0.000324. The van der Waals surface area contributed by atoms with Crippen LogP contribution in [0.1, 0.15) is 26.2 Å². The Morgan fingerprint density at radius 3 is 3.07 bits per heavy atom. The maximum absolute atomic E-state index is 11.9. The van der Waals surface area contributed by atoms with E-state index < -0.39 is 0 Å². The second-order valence-corrected chi connectivity index (χ2v) is 3.94. The van der Waals surface area contributed by atoms with Gasteiger partial charge in [0.2, 0.25) is 5.91 Å². The minimum absolute atomic E-state index is 0.000324. The van der Waals surface area contributed by atoms with E-state index in [2.05, 4.69) is 6.58 Å². The maximum atomic E-state index is 11.9. The van der Waals surface area contributed by atoms with E-state index in [1.165, 1.54) is 0 Å². The normalized spacial score (nSPS) is 23.6. The van der Waals surface area contributed by atoms with E-state index >= 15 is 0 Å². The fourth-order valence-electron chi connectivity index (χ4n) is 1.95. The SMILES string of the molecule is C=CC[C@@H](C)C(=O)N1CCC[C@@H]1CO. The van der Waals surface area contributed by atoms with E-state index in [0.29, 0.717) is 6.42 Å². The number of allylic oxidation sites excluding steroid dienone is 1. The van der Waals surface area contributed by atoms with E-state index in [1.807, 2.05) is 11.8 Å². The van der Waals surface area contributed by atoms with Gasteiger partial charge in [-0.2, -0.15) is 0 Å². The lowest BCUT2D eigenvalue weighted by Gasteiger charge is -2.25. The molecule has 1 amide bonds. The van der Waals surface area contributed by atoms with Crippen molar-refractivity contribution in [1.82, 2.24) is 4.90 Å². The number of nitrogens with zero attached hydrogens (tertiary/aromatic N) is 1. The molecule has 0 saturated carbocycles. The average Bonchev–Trinajstić information content (AvgIpc) is 2.64. The molecule has 0 aliphatic carbocycles. The molecular weight excluding hydrogens is 178 g/mol. The summed E-state index contributed by atoms with van der Waals surface area (Å²) in [5.41, 5.74) is 0. The Bertz CT molecular complexity index is 215. The molecule has 1 aliphatic rings. The summed E-state index contributed by atoms with van der Waals surface area (Å²) in [4.78, 5) is 13.7. The molecule has 1 rings (SSSR count). The monoisotopic (exact) mass is 197 g/mol. The van der Waals surface area contributed by atoms with Crippen LogP contribution in [-0.2, 0) is 4.79 Å². The van der Waals surface area contributed by atoms with Crippen LogP contribution in [0, 0.1) is 5.92 Å². The molecule has 2 atom stereocenters. The van der Waals surface area contributed by atoms with E-state index in [0.717, 1.165) is 19.4 Å². The fourth-order valence-corrected chi connectivity index (χ4v) is 1.95. The molecule has 0 aromatic carbocycles. The van der Waals surface area contributed by atoms with Gasteiger partial charge in [0, 0.05) is 12.5 Å². The van der Waals surface area contributed by atoms with E-state index in [1.54, 1.807) is 6.08 Å². The van der Waals surface area contributed by atoms with Gasteiger partial charge in [-0.3, -0.25) is 4.79 Å². The molecular formula is C11H19NO2. The maximum Gasteiger partial charge on any atom is 0.226 e. The number of hydrogen-bond donors (Lipinski definition) is 1. The summed E-state index contributed by atoms with van der Waals surface area (Å²) >= 11 is 0. The molecule has 0 aromatic heterocycles. The van der Waals surface area contributed by atoms with Crippen LogP contribution >= 0.6 is 0 Å². The van der Waals surface area contributed by atoms with Gasteiger partial charge in [-0.1, -0.05) is 13.0 Å². The molecule has 1 fully saturated rings. The summed E-state index contributed by atoms with van der Waals surface area (Å²) in [6.07, 6.45) is 4.43. The summed E-state index contributed by atoms with van der Waals surface area (Å²) in [6, 6.07) is 0.0507. The summed E-state index contributed by atoms with van der Waals surface area (Å²) < 4.78 is 0. The quantitative estimate of drug-likeness (QED) is 0.687. The second kappa shape index (κ2) is 5.15. The predicted molar refractivity (Wildman–Crippen MR) is 55.8 cm³/mol. The molecule has 1 saturated heterocycles. The molecule has 0 bridgehead atoms. The summed E-state index contributed by atoms with van der Waals surface area (Å²) in [5, 5.41) is 9.08. The van der Waals surface area contributed by atoms with Gasteiger partial charge in [0.05, 0.1) is 12.6 Å². The lowest BCUT2D eigenvalue weighted by Crippen LogP contribution is -2.40. The van der Waals surface area contributed by atoms with Crippen LogP contribution in [0.15, 0.2) is 12.7 Å². The Morgan fingerprint density at radius 1 is 1.79 bits per heavy atom. The number of aliphatic hydroxyl groups is 1. The van der Waals surface area contributed by atoms with Crippen LogP contribution in [0.25, 0.3) is 0 Å². The Kier molecular flexibility index (Phi) is 4.14. The van der Waals surface area contributed by atoms with E-state index in [-0.39, 0.29) is 24.5 Å². The van der Waals surface area contributed by atoms with Crippen molar-refractivity contribution in [3.05, 3.63) is 12.7 Å². The van der Waals surface area contributed by atoms with Gasteiger partial charge in [-0.05, 0) is 19.3 Å². The number of carbonyl (C=O) groups is 1. The topological polar surface area (TPSA) is 40.5 Å². The molecule has 3 nitrogen and oxygen atoms in total. The van der Waals surface area contributed by atoms with Gasteiger partial charge in [-0.25, -0.2) is 0 Å². The lowest BCUT2D eigenvalue weighted by atomic mass is 10.1. The van der Waals surface area contributed by atoms with E-state index in [4.69, 9.17) is 5.11 Å². The van der Waals surface area contributed by atoms with Gasteiger partial charge in [0.25, 0.3) is 0 Å². The van der Waals surface area contributed by atoms with Crippen molar-refractivity contribution in [3.8, 4) is 0 Å². The number of amides is 1. The molecule has 1 aliphatic heterocycles. The highest BCUT2D eigenvalue weighted by atomic mass is 16.3. The zero-order valence-electron chi connectivity index (χ0n) is 8.78. The number of hydrogen-bond acceptors (Lipinski definition) is 2. The lowest BCUT2D eigenvalue weighted by molar-refractivity contribution is -0.136. The van der Waals surface area contributed by atoms with Gasteiger partial charge in [-0.15, -0.1) is 6.58 Å². The Balaban J connectivity index is 2.54. The number of carbonyl (C=O) groups excluding carboxylic acids is 1. The summed E-state index contributed by atoms with van der Waals surface area (Å²) in [5.74, 6) is 0.154. The zero-order valence-corrected chi connectivity index (χ0v) is 8.78. The number of likely N-dealkylation sites (tertiary alicyclic amines) is 1. The highest BCUT2D eigenvalue weighted by molar-refractivity contribution is 5.79. The Labute approximate surface area is 85.4 Å². The Hall–Kier alpha value is -0.830. The standard InChI is InChI=1S/C11H19NO2/c1-3-5-9(2)11(14)12-7-4-6-10(12)8-13/h3,9-10,13H,1,4-8H2,2H3/t9-,10-/m1/s1. The average molecular weight is 197 g/mol. The largest absolute Gasteiger partial charge is 0.394 e. The first-order chi connectivity index (χ1) is 6.70. The van der Waals surface area contributed by atoms with Crippen molar-refractivity contribution in [3.63, 3.8) is 0 Å². The number of rotatable bonds is 4. The van der Waals surface area contributed by atoms with Gasteiger partial charge >= 0.3 is 0 Å². The third kappa shape index (κ3) is 2.35. The van der Waals surface area contributed by atoms with Crippen LogP contribution in [0.3, 0.4) is 0 Å². The highest BCUT2D eigenvalue weighted by Gasteiger charge is 2.30. The third-order valence-corrected chi connectivity index (χ3v) is 2.81. The van der Waals surface area contributed by atoms with Crippen molar-refractivity contribution in [2.75, 3.05) is 13.2 Å². The van der Waals surface area contributed by atoms with Gasteiger partial charge < -0.3 is 10.0 Å². The molecule has 0 radical (unpaired) electrons. The van der Waals surface area contributed by atoms with Crippen molar-refractivity contribution < 1.29 is 9.90 Å². The van der Waals surface area contributed by atoms with E-state index in [9.17, 15) is 4.79 Å².